The average molecular weight is 346 g/mol. The van der Waals surface area contributed by atoms with Crippen molar-refractivity contribution < 1.29 is 18.4 Å². The summed E-state index contributed by atoms with van der Waals surface area (Å²) in [5.41, 5.74) is 0.746. The van der Waals surface area contributed by atoms with Crippen LogP contribution in [0.1, 0.15) is 37.3 Å². The second-order valence-corrected chi connectivity index (χ2v) is 6.11. The molecule has 1 N–H and O–H groups in total. The van der Waals surface area contributed by atoms with Crippen LogP contribution in [0.15, 0.2) is 21.2 Å². The molecule has 0 aliphatic carbocycles. The van der Waals surface area contributed by atoms with Crippen molar-refractivity contribution in [1.29, 1.82) is 0 Å². The first-order valence-electron chi connectivity index (χ1n) is 8.55. The number of hydrogen-bond donors (Lipinski definition) is 1. The molecule has 0 spiro atoms. The van der Waals surface area contributed by atoms with Gasteiger partial charge in [-0.3, -0.25) is 9.59 Å². The Bertz CT molecular complexity index is 731. The fourth-order valence-electron chi connectivity index (χ4n) is 2.81. The number of aromatic nitrogens is 2. The number of nitrogens with one attached hydrogen (secondary N) is 1. The SMILES string of the molecule is Cc1occc1-c1nnc(CCC(=O)NCC(=O)N2CCCCC2)o1. The summed E-state index contributed by atoms with van der Waals surface area (Å²) in [7, 11) is 0. The highest BCUT2D eigenvalue weighted by molar-refractivity contribution is 5.84. The molecule has 134 valence electrons. The van der Waals surface area contributed by atoms with Gasteiger partial charge in [0.2, 0.25) is 17.7 Å². The number of amides is 2. The minimum atomic E-state index is -0.204. The molecule has 8 heteroatoms. The Kier molecular flexibility index (Phi) is 5.47. The molecular formula is C17H22N4O4. The van der Waals surface area contributed by atoms with Crippen LogP contribution in [0.4, 0.5) is 0 Å². The molecular weight excluding hydrogens is 324 g/mol. The van der Waals surface area contributed by atoms with E-state index in [9.17, 15) is 9.59 Å². The first kappa shape index (κ1) is 17.2. The summed E-state index contributed by atoms with van der Waals surface area (Å²) in [5.74, 6) is 1.23. The van der Waals surface area contributed by atoms with Crippen molar-refractivity contribution in [3.05, 3.63) is 24.0 Å². The molecule has 2 aromatic rings. The quantitative estimate of drug-likeness (QED) is 0.854. The van der Waals surface area contributed by atoms with Crippen LogP contribution in [-0.4, -0.2) is 46.5 Å². The van der Waals surface area contributed by atoms with E-state index in [-0.39, 0.29) is 24.8 Å². The van der Waals surface area contributed by atoms with Crippen LogP contribution in [0.3, 0.4) is 0 Å². The monoisotopic (exact) mass is 346 g/mol. The van der Waals surface area contributed by atoms with Gasteiger partial charge in [0.1, 0.15) is 5.76 Å². The highest BCUT2D eigenvalue weighted by atomic mass is 16.4. The first-order chi connectivity index (χ1) is 12.1. The number of piperidine rings is 1. The molecule has 8 nitrogen and oxygen atoms in total. The van der Waals surface area contributed by atoms with Gasteiger partial charge in [0.25, 0.3) is 5.89 Å². The molecule has 3 heterocycles. The average Bonchev–Trinajstić information content (AvgIpc) is 3.27. The summed E-state index contributed by atoms with van der Waals surface area (Å²) in [4.78, 5) is 25.7. The van der Waals surface area contributed by atoms with Crippen molar-refractivity contribution in [2.45, 2.75) is 39.0 Å². The molecule has 0 saturated carbocycles. The molecule has 0 bridgehead atoms. The lowest BCUT2D eigenvalue weighted by Crippen LogP contribution is -2.42. The first-order valence-corrected chi connectivity index (χ1v) is 8.55. The summed E-state index contributed by atoms with van der Waals surface area (Å²) in [5, 5.41) is 10.6. The minimum Gasteiger partial charge on any atom is -0.469 e. The van der Waals surface area contributed by atoms with Crippen molar-refractivity contribution in [3.63, 3.8) is 0 Å². The maximum atomic E-state index is 12.0. The van der Waals surface area contributed by atoms with E-state index in [0.29, 0.717) is 24.0 Å². The van der Waals surface area contributed by atoms with Crippen LogP contribution in [0, 0.1) is 6.92 Å². The van der Waals surface area contributed by atoms with Gasteiger partial charge in [0.05, 0.1) is 18.4 Å². The van der Waals surface area contributed by atoms with Gasteiger partial charge in [-0.05, 0) is 32.3 Å². The fraction of sp³-hybridized carbons (Fsp3) is 0.529. The zero-order valence-electron chi connectivity index (χ0n) is 14.3. The molecule has 1 aliphatic heterocycles. The molecule has 25 heavy (non-hydrogen) atoms. The van der Waals surface area contributed by atoms with E-state index in [0.717, 1.165) is 31.5 Å². The van der Waals surface area contributed by atoms with Crippen LogP contribution in [-0.2, 0) is 16.0 Å². The number of hydrogen-bond acceptors (Lipinski definition) is 6. The van der Waals surface area contributed by atoms with Gasteiger partial charge in [-0.1, -0.05) is 0 Å². The third-order valence-electron chi connectivity index (χ3n) is 4.27. The highest BCUT2D eigenvalue weighted by Gasteiger charge is 2.17. The summed E-state index contributed by atoms with van der Waals surface area (Å²) >= 11 is 0. The number of furan rings is 1. The molecule has 0 aromatic carbocycles. The van der Waals surface area contributed by atoms with E-state index >= 15 is 0 Å². The van der Waals surface area contributed by atoms with E-state index in [4.69, 9.17) is 8.83 Å². The smallest absolute Gasteiger partial charge is 0.251 e. The van der Waals surface area contributed by atoms with Crippen molar-refractivity contribution in [2.24, 2.45) is 0 Å². The topological polar surface area (TPSA) is 101 Å². The van der Waals surface area contributed by atoms with E-state index in [1.165, 1.54) is 6.42 Å². The lowest BCUT2D eigenvalue weighted by atomic mass is 10.1. The maximum absolute atomic E-state index is 12.0. The zero-order valence-corrected chi connectivity index (χ0v) is 14.3. The summed E-state index contributed by atoms with van der Waals surface area (Å²) in [6, 6.07) is 1.76. The molecule has 0 radical (unpaired) electrons. The second kappa shape index (κ2) is 7.96. The Hall–Kier alpha value is -2.64. The molecule has 2 aromatic heterocycles. The fourth-order valence-corrected chi connectivity index (χ4v) is 2.81. The van der Waals surface area contributed by atoms with E-state index in [2.05, 4.69) is 15.5 Å². The van der Waals surface area contributed by atoms with Gasteiger partial charge in [-0.15, -0.1) is 10.2 Å². The van der Waals surface area contributed by atoms with E-state index in [1.54, 1.807) is 17.2 Å². The van der Waals surface area contributed by atoms with Crippen LogP contribution in [0.5, 0.6) is 0 Å². The van der Waals surface area contributed by atoms with Crippen molar-refractivity contribution >= 4 is 11.8 Å². The summed E-state index contributed by atoms with van der Waals surface area (Å²) in [6.45, 7) is 3.42. The van der Waals surface area contributed by atoms with Gasteiger partial charge < -0.3 is 19.1 Å². The summed E-state index contributed by atoms with van der Waals surface area (Å²) < 4.78 is 10.7. The van der Waals surface area contributed by atoms with Crippen molar-refractivity contribution in [1.82, 2.24) is 20.4 Å². The molecule has 0 atom stereocenters. The second-order valence-electron chi connectivity index (χ2n) is 6.11. The predicted molar refractivity (Wildman–Crippen MR) is 88.5 cm³/mol. The number of aryl methyl sites for hydroxylation is 2. The van der Waals surface area contributed by atoms with Crippen molar-refractivity contribution in [2.75, 3.05) is 19.6 Å². The predicted octanol–water partition coefficient (Wildman–Crippen LogP) is 1.70. The molecule has 0 unspecified atom stereocenters. The number of carbonyl (C=O) groups excluding carboxylic acids is 2. The number of carbonyl (C=O) groups is 2. The number of likely N-dealkylation sites (tertiary alicyclic amines) is 1. The Balaban J connectivity index is 1.42. The normalized spacial score (nSPS) is 14.5. The third-order valence-corrected chi connectivity index (χ3v) is 4.27. The summed E-state index contributed by atoms with van der Waals surface area (Å²) in [6.07, 6.45) is 5.32. The highest BCUT2D eigenvalue weighted by Crippen LogP contribution is 2.22. The molecule has 1 fully saturated rings. The lowest BCUT2D eigenvalue weighted by molar-refractivity contribution is -0.133. The number of rotatable bonds is 6. The van der Waals surface area contributed by atoms with Gasteiger partial charge in [0.15, 0.2) is 0 Å². The van der Waals surface area contributed by atoms with Gasteiger partial charge in [-0.25, -0.2) is 0 Å². The Morgan fingerprint density at radius 1 is 1.24 bits per heavy atom. The van der Waals surface area contributed by atoms with Crippen molar-refractivity contribution in [3.8, 4) is 11.5 Å². The molecule has 2 amide bonds. The van der Waals surface area contributed by atoms with E-state index in [1.807, 2.05) is 6.92 Å². The van der Waals surface area contributed by atoms with Gasteiger partial charge in [0, 0.05) is 25.9 Å². The van der Waals surface area contributed by atoms with Gasteiger partial charge in [-0.2, -0.15) is 0 Å². The van der Waals surface area contributed by atoms with Crippen LogP contribution < -0.4 is 5.32 Å². The van der Waals surface area contributed by atoms with Gasteiger partial charge >= 0.3 is 0 Å². The maximum Gasteiger partial charge on any atom is 0.251 e. The minimum absolute atomic E-state index is 0.0245. The lowest BCUT2D eigenvalue weighted by Gasteiger charge is -2.26. The Morgan fingerprint density at radius 3 is 2.76 bits per heavy atom. The zero-order chi connectivity index (χ0) is 17.6. The number of nitrogens with zero attached hydrogens (tertiary/aromatic N) is 3. The standard InChI is InChI=1S/C17H22N4O4/c1-12-13(7-10-24-12)17-20-19-15(25-17)6-5-14(22)18-11-16(23)21-8-3-2-4-9-21/h7,10H,2-6,8-9,11H2,1H3,(H,18,22). The van der Waals surface area contributed by atoms with Crippen LogP contribution >= 0.6 is 0 Å². The molecule has 1 aliphatic rings. The van der Waals surface area contributed by atoms with Crippen LogP contribution in [0.2, 0.25) is 0 Å². The van der Waals surface area contributed by atoms with Crippen LogP contribution in [0.25, 0.3) is 11.5 Å². The molecule has 3 rings (SSSR count). The Labute approximate surface area is 145 Å². The largest absolute Gasteiger partial charge is 0.469 e. The third kappa shape index (κ3) is 4.46. The van der Waals surface area contributed by atoms with E-state index < -0.39 is 0 Å². The Morgan fingerprint density at radius 2 is 2.04 bits per heavy atom. The molecule has 1 saturated heterocycles.